The van der Waals surface area contributed by atoms with E-state index < -0.39 is 0 Å². The lowest BCUT2D eigenvalue weighted by Crippen LogP contribution is -2.43. The normalized spacial score (nSPS) is 14.0. The summed E-state index contributed by atoms with van der Waals surface area (Å²) in [7, 11) is 0. The van der Waals surface area contributed by atoms with Crippen LogP contribution in [0.1, 0.15) is 10.4 Å². The Morgan fingerprint density at radius 1 is 1.22 bits per heavy atom. The lowest BCUT2D eigenvalue weighted by Gasteiger charge is -2.29. The lowest BCUT2D eigenvalue weighted by atomic mass is 10.2. The average molecular weight is 353 g/mol. The molecule has 0 spiro atoms. The highest BCUT2D eigenvalue weighted by atomic mass is 35.5. The van der Waals surface area contributed by atoms with Crippen molar-refractivity contribution in [1.82, 2.24) is 10.3 Å². The summed E-state index contributed by atoms with van der Waals surface area (Å²) in [4.78, 5) is 18.7. The number of piperazine rings is 1. The predicted molar refractivity (Wildman–Crippen MR) is 96.0 cm³/mol. The second-order valence-corrected chi connectivity index (χ2v) is 5.54. The second-order valence-electron chi connectivity index (χ2n) is 5.10. The van der Waals surface area contributed by atoms with E-state index in [-0.39, 0.29) is 18.3 Å². The smallest absolute Gasteiger partial charge is 0.256 e. The molecule has 0 unspecified atom stereocenters. The summed E-state index contributed by atoms with van der Waals surface area (Å²) in [5.74, 6) is 0.314. The van der Waals surface area contributed by atoms with Crippen LogP contribution in [0.2, 0.25) is 5.02 Å². The monoisotopic (exact) mass is 352 g/mol. The molecule has 1 aliphatic heterocycles. The van der Waals surface area contributed by atoms with E-state index in [0.29, 0.717) is 16.4 Å². The zero-order chi connectivity index (χ0) is 15.4. The number of halogens is 2. The molecule has 1 fully saturated rings. The number of nitrogens with zero attached hydrogens (tertiary/aromatic N) is 2. The van der Waals surface area contributed by atoms with Crippen molar-refractivity contribution >= 4 is 41.4 Å². The fourth-order valence-corrected chi connectivity index (χ4v) is 2.58. The van der Waals surface area contributed by atoms with Crippen molar-refractivity contribution in [2.45, 2.75) is 0 Å². The molecule has 3 rings (SSSR count). The van der Waals surface area contributed by atoms with Gasteiger partial charge in [0.05, 0.1) is 11.9 Å². The van der Waals surface area contributed by atoms with Gasteiger partial charge in [-0.25, -0.2) is 4.98 Å². The first-order valence-electron chi connectivity index (χ1n) is 7.21. The Labute approximate surface area is 146 Å². The van der Waals surface area contributed by atoms with Gasteiger partial charge in [0.2, 0.25) is 0 Å². The molecule has 2 N–H and O–H groups in total. The fraction of sp³-hybridized carbons (Fsp3) is 0.250. The van der Waals surface area contributed by atoms with Gasteiger partial charge in [-0.1, -0.05) is 17.7 Å². The predicted octanol–water partition coefficient (Wildman–Crippen LogP) is 2.82. The average Bonchev–Trinajstić information content (AvgIpc) is 2.56. The highest BCUT2D eigenvalue weighted by molar-refractivity contribution is 6.31. The van der Waals surface area contributed by atoms with E-state index in [9.17, 15) is 4.79 Å². The zero-order valence-electron chi connectivity index (χ0n) is 12.5. The van der Waals surface area contributed by atoms with Crippen molar-refractivity contribution in [2.75, 3.05) is 36.4 Å². The van der Waals surface area contributed by atoms with E-state index in [1.165, 1.54) is 0 Å². The van der Waals surface area contributed by atoms with Gasteiger partial charge < -0.3 is 15.5 Å². The van der Waals surface area contributed by atoms with Gasteiger partial charge in [-0.3, -0.25) is 4.79 Å². The molecule has 0 radical (unpaired) electrons. The minimum Gasteiger partial charge on any atom is -0.368 e. The fourth-order valence-electron chi connectivity index (χ4n) is 2.39. The van der Waals surface area contributed by atoms with Gasteiger partial charge in [-0.2, -0.15) is 0 Å². The van der Waals surface area contributed by atoms with Gasteiger partial charge in [0.15, 0.2) is 0 Å². The van der Waals surface area contributed by atoms with Gasteiger partial charge in [-0.15, -0.1) is 12.4 Å². The first-order chi connectivity index (χ1) is 10.7. The van der Waals surface area contributed by atoms with Crippen LogP contribution in [0.25, 0.3) is 0 Å². The van der Waals surface area contributed by atoms with E-state index in [2.05, 4.69) is 20.5 Å². The second kappa shape index (κ2) is 8.15. The molecule has 0 aliphatic carbocycles. The van der Waals surface area contributed by atoms with Crippen molar-refractivity contribution in [3.8, 4) is 0 Å². The first-order valence-corrected chi connectivity index (χ1v) is 7.59. The summed E-state index contributed by atoms with van der Waals surface area (Å²) < 4.78 is 0. The maximum absolute atomic E-state index is 12.1. The topological polar surface area (TPSA) is 57.3 Å². The number of hydrogen-bond acceptors (Lipinski definition) is 4. The Morgan fingerprint density at radius 3 is 2.65 bits per heavy atom. The number of pyridine rings is 1. The molecule has 2 aromatic rings. The summed E-state index contributed by atoms with van der Waals surface area (Å²) >= 11 is 5.89. The molecule has 7 heteroatoms. The molecule has 5 nitrogen and oxygen atoms in total. The molecule has 23 heavy (non-hydrogen) atoms. The quantitative estimate of drug-likeness (QED) is 0.891. The maximum Gasteiger partial charge on any atom is 0.256 e. The number of amides is 1. The van der Waals surface area contributed by atoms with E-state index in [0.717, 1.165) is 31.9 Å². The summed E-state index contributed by atoms with van der Waals surface area (Å²) in [6, 6.07) is 10.6. The minimum atomic E-state index is -0.218. The molecular formula is C16H18Cl2N4O. The molecule has 1 saturated heterocycles. The summed E-state index contributed by atoms with van der Waals surface area (Å²) in [5, 5.41) is 6.63. The van der Waals surface area contributed by atoms with Crippen LogP contribution in [0.15, 0.2) is 42.6 Å². The van der Waals surface area contributed by atoms with E-state index in [1.807, 2.05) is 12.1 Å². The Bertz CT molecular complexity index is 657. The molecule has 1 aromatic heterocycles. The summed E-state index contributed by atoms with van der Waals surface area (Å²) in [6.07, 6.45) is 1.79. The van der Waals surface area contributed by atoms with Crippen molar-refractivity contribution in [2.24, 2.45) is 0 Å². The van der Waals surface area contributed by atoms with Gasteiger partial charge in [0.1, 0.15) is 5.82 Å². The third-order valence-electron chi connectivity index (χ3n) is 3.56. The molecular weight excluding hydrogens is 335 g/mol. The van der Waals surface area contributed by atoms with Crippen molar-refractivity contribution in [3.05, 3.63) is 53.2 Å². The van der Waals surface area contributed by atoms with Crippen LogP contribution < -0.4 is 15.5 Å². The summed E-state index contributed by atoms with van der Waals surface area (Å²) in [6.45, 7) is 3.90. The van der Waals surface area contributed by atoms with Crippen LogP contribution in [0, 0.1) is 0 Å². The number of aromatic nitrogens is 1. The Balaban J connectivity index is 0.00000192. The number of anilines is 2. The van der Waals surface area contributed by atoms with Crippen LogP contribution in [0.3, 0.4) is 0 Å². The van der Waals surface area contributed by atoms with Gasteiger partial charge in [0, 0.05) is 36.8 Å². The molecule has 2 heterocycles. The lowest BCUT2D eigenvalue weighted by molar-refractivity contribution is 0.102. The molecule has 122 valence electrons. The molecule has 0 bridgehead atoms. The highest BCUT2D eigenvalue weighted by Gasteiger charge is 2.11. The van der Waals surface area contributed by atoms with Crippen LogP contribution >= 0.6 is 24.0 Å². The first kappa shape index (κ1) is 17.5. The number of carbonyl (C=O) groups excluding carboxylic acids is 1. The third-order valence-corrected chi connectivity index (χ3v) is 3.79. The Hall–Kier alpha value is -1.82. The van der Waals surface area contributed by atoms with E-state index >= 15 is 0 Å². The van der Waals surface area contributed by atoms with Gasteiger partial charge >= 0.3 is 0 Å². The molecule has 1 aromatic carbocycles. The highest BCUT2D eigenvalue weighted by Crippen LogP contribution is 2.17. The minimum absolute atomic E-state index is 0. The van der Waals surface area contributed by atoms with Gasteiger partial charge in [0.25, 0.3) is 5.91 Å². The maximum atomic E-state index is 12.1. The zero-order valence-corrected chi connectivity index (χ0v) is 14.0. The Kier molecular flexibility index (Phi) is 6.21. The van der Waals surface area contributed by atoms with Crippen molar-refractivity contribution in [1.29, 1.82) is 0 Å². The third kappa shape index (κ3) is 4.58. The largest absolute Gasteiger partial charge is 0.368 e. The van der Waals surface area contributed by atoms with Gasteiger partial charge in [-0.05, 0) is 30.3 Å². The standard InChI is InChI=1S/C16H17ClN4O.ClH/c17-13-3-1-2-12(10-13)16(22)20-15-5-4-14(11-19-15)21-8-6-18-7-9-21;/h1-5,10-11,18H,6-9H2,(H,19,20,22);1H. The van der Waals surface area contributed by atoms with Crippen LogP contribution in [0.4, 0.5) is 11.5 Å². The molecule has 1 amide bonds. The SMILES string of the molecule is Cl.O=C(Nc1ccc(N2CCNCC2)cn1)c1cccc(Cl)c1. The number of nitrogens with one attached hydrogen (secondary N) is 2. The number of hydrogen-bond donors (Lipinski definition) is 2. The number of carbonyl (C=O) groups is 1. The molecule has 0 saturated carbocycles. The summed E-state index contributed by atoms with van der Waals surface area (Å²) in [5.41, 5.74) is 1.59. The van der Waals surface area contributed by atoms with Crippen molar-refractivity contribution in [3.63, 3.8) is 0 Å². The van der Waals surface area contributed by atoms with Crippen molar-refractivity contribution < 1.29 is 4.79 Å². The van der Waals surface area contributed by atoms with Crippen LogP contribution in [-0.2, 0) is 0 Å². The van der Waals surface area contributed by atoms with Crippen LogP contribution in [0.5, 0.6) is 0 Å². The number of rotatable bonds is 3. The van der Waals surface area contributed by atoms with E-state index in [4.69, 9.17) is 11.6 Å². The molecule has 1 aliphatic rings. The number of benzene rings is 1. The Morgan fingerprint density at radius 2 is 2.00 bits per heavy atom. The van der Waals surface area contributed by atoms with Crippen LogP contribution in [-0.4, -0.2) is 37.1 Å². The molecule has 0 atom stereocenters. The van der Waals surface area contributed by atoms with E-state index in [1.54, 1.807) is 30.5 Å².